The molecule has 6 aliphatic carbocycles. The van der Waals surface area contributed by atoms with Crippen LogP contribution < -0.4 is 24.8 Å². The van der Waals surface area contributed by atoms with Crippen molar-refractivity contribution >= 4 is 26.4 Å². The molecule has 0 spiro atoms. The predicted octanol–water partition coefficient (Wildman–Crippen LogP) is 7.07. The van der Waals surface area contributed by atoms with Crippen LogP contribution >= 0.6 is 23.2 Å². The number of hydrogen-bond acceptors (Lipinski definition) is 0. The van der Waals surface area contributed by atoms with Gasteiger partial charge >= 0.3 is 120 Å². The summed E-state index contributed by atoms with van der Waals surface area (Å²) in [6.07, 6.45) is 39.3. The van der Waals surface area contributed by atoms with Gasteiger partial charge in [-0.1, -0.05) is 115 Å². The molecule has 0 aliphatic heterocycles. The Morgan fingerprint density at radius 3 is 1.67 bits per heavy atom. The van der Waals surface area contributed by atoms with E-state index in [9.17, 15) is 0 Å². The third-order valence-electron chi connectivity index (χ3n) is 14.8. The van der Waals surface area contributed by atoms with Crippen LogP contribution in [0.5, 0.6) is 0 Å². The van der Waals surface area contributed by atoms with Crippen LogP contribution in [0.15, 0.2) is 139 Å². The molecule has 0 aromatic heterocycles. The van der Waals surface area contributed by atoms with Crippen LogP contribution in [0.1, 0.15) is 72.9 Å². The minimum Gasteiger partial charge on any atom is -1.00 e. The number of fused-ring (bicyclic) bond motifs is 8. The summed E-state index contributed by atoms with van der Waals surface area (Å²) in [5, 5.41) is 1.53. The fourth-order valence-corrected chi connectivity index (χ4v) is 12.2. The Hall–Kier alpha value is -1.73. The van der Waals surface area contributed by atoms with Crippen LogP contribution in [-0.4, -0.2) is 3.21 Å². The van der Waals surface area contributed by atoms with Crippen molar-refractivity contribution < 1.29 is 49.0 Å². The van der Waals surface area contributed by atoms with Crippen molar-refractivity contribution in [2.24, 2.45) is 43.8 Å². The van der Waals surface area contributed by atoms with Gasteiger partial charge in [-0.3, -0.25) is 6.08 Å². The minimum absolute atomic E-state index is 0. The van der Waals surface area contributed by atoms with E-state index in [1.165, 1.54) is 33.0 Å². The van der Waals surface area contributed by atoms with Gasteiger partial charge in [0, 0.05) is 10.8 Å². The van der Waals surface area contributed by atoms with Crippen molar-refractivity contribution in [3.8, 4) is 0 Å². The molecule has 5 heteroatoms. The quantitative estimate of drug-likeness (QED) is 0.284. The summed E-state index contributed by atoms with van der Waals surface area (Å²) in [5.74, 6) is 0.460. The molecule has 2 fully saturated rings. The van der Waals surface area contributed by atoms with Gasteiger partial charge in [0.2, 0.25) is 0 Å². The van der Waals surface area contributed by atoms with Crippen molar-refractivity contribution in [3.05, 3.63) is 173 Å². The number of allylic oxidation sites excluding steroid dienone is 16. The second-order valence-electron chi connectivity index (χ2n) is 16.1. The van der Waals surface area contributed by atoms with Crippen LogP contribution in [0.2, 0.25) is 10.0 Å². The maximum Gasteiger partial charge on any atom is -0.109 e. The van der Waals surface area contributed by atoms with E-state index in [0.717, 1.165) is 27.6 Å². The third-order valence-corrected chi connectivity index (χ3v) is 16.7. The van der Waals surface area contributed by atoms with E-state index in [1.807, 2.05) is 48.6 Å². The molecule has 2 saturated carbocycles. The van der Waals surface area contributed by atoms with Gasteiger partial charge < -0.3 is 31.2 Å². The van der Waals surface area contributed by atoms with Crippen molar-refractivity contribution in [2.75, 3.05) is 0 Å². The van der Waals surface area contributed by atoms with Crippen molar-refractivity contribution in [1.82, 2.24) is 0 Å². The Balaban J connectivity index is 0.000000221. The Bertz CT molecular complexity index is 1890. The standard InChI is InChI=1S/C29H37.C13H8Cl2.C5H5.2ClH.Zr/c1-21-14-13-15-22-20-27(6)25(4)18-10-9-16-23(25,2)24(3)17-11-12-19-26(24,5)29(27,8)28(21,22)7;14-12-5-1-3-10(8-12)7-11-4-2-6-13(15)9-11;1-2-4-5-3-1;;;/h9-20,22H,1-8H3;1-6,8-9H;1-3H,4H2;2*1H;/q-1;;-1;;;+2/p-2. The summed E-state index contributed by atoms with van der Waals surface area (Å²) in [6, 6.07) is 15.8. The first-order chi connectivity index (χ1) is 23.6. The molecule has 2 aromatic rings. The topological polar surface area (TPSA) is 0 Å². The predicted molar refractivity (Wildman–Crippen MR) is 212 cm³/mol. The normalized spacial score (nSPS) is 37.8. The fourth-order valence-electron chi connectivity index (χ4n) is 11.0. The number of halogens is 4. The summed E-state index contributed by atoms with van der Waals surface area (Å²) in [5.41, 5.74) is 4.05. The number of rotatable bonds is 2. The zero-order valence-corrected chi connectivity index (χ0v) is 37.1. The van der Waals surface area contributed by atoms with Gasteiger partial charge in [0.1, 0.15) is 0 Å². The first kappa shape index (κ1) is 43.0. The summed E-state index contributed by atoms with van der Waals surface area (Å²) < 4.78 is 1.26. The third kappa shape index (κ3) is 5.90. The molecule has 0 heterocycles. The molecular weight excluding hydrogens is 798 g/mol. The van der Waals surface area contributed by atoms with Gasteiger partial charge in [-0.2, -0.15) is 6.08 Å². The van der Waals surface area contributed by atoms with Gasteiger partial charge in [0.15, 0.2) is 0 Å². The molecule has 0 saturated heterocycles. The van der Waals surface area contributed by atoms with E-state index in [-0.39, 0.29) is 62.7 Å². The van der Waals surface area contributed by atoms with Crippen molar-refractivity contribution in [3.63, 3.8) is 0 Å². The van der Waals surface area contributed by atoms with Gasteiger partial charge in [-0.25, -0.2) is 12.2 Å². The van der Waals surface area contributed by atoms with Crippen LogP contribution in [0.3, 0.4) is 0 Å². The summed E-state index contributed by atoms with van der Waals surface area (Å²) >= 11 is 13.3. The number of hydrogen-bond donors (Lipinski definition) is 0. The molecule has 272 valence electrons. The van der Waals surface area contributed by atoms with E-state index in [2.05, 4.69) is 153 Å². The van der Waals surface area contributed by atoms with Crippen LogP contribution in [0.25, 0.3) is 0 Å². The largest absolute Gasteiger partial charge is 1.00 e. The van der Waals surface area contributed by atoms with Crippen molar-refractivity contribution in [2.45, 2.75) is 61.8 Å². The zero-order valence-electron chi connectivity index (χ0n) is 31.6. The second kappa shape index (κ2) is 15.4. The van der Waals surface area contributed by atoms with E-state index < -0.39 is 0 Å². The second-order valence-corrected chi connectivity index (χ2v) is 18.2. The Morgan fingerprint density at radius 1 is 0.712 bits per heavy atom. The van der Waals surface area contributed by atoms with E-state index in [1.54, 1.807) is 0 Å². The maximum atomic E-state index is 5.98. The zero-order chi connectivity index (χ0) is 36.2. The van der Waals surface area contributed by atoms with Crippen LogP contribution in [-0.2, 0) is 24.2 Å². The number of benzene rings is 2. The molecule has 52 heavy (non-hydrogen) atoms. The molecular formula is C47H50Cl4Zr-2. The molecule has 0 N–H and O–H groups in total. The van der Waals surface area contributed by atoms with E-state index in [0.29, 0.717) is 5.92 Å². The Morgan fingerprint density at radius 2 is 1.21 bits per heavy atom. The molecule has 8 atom stereocenters. The monoisotopic (exact) mass is 844 g/mol. The van der Waals surface area contributed by atoms with Crippen molar-refractivity contribution in [1.29, 1.82) is 0 Å². The van der Waals surface area contributed by atoms with E-state index in [4.69, 9.17) is 23.2 Å². The molecule has 0 bridgehead atoms. The molecule has 2 aromatic carbocycles. The fraction of sp³-hybridized carbons (Fsp3) is 0.362. The first-order valence-electron chi connectivity index (χ1n) is 17.8. The molecule has 6 aliphatic rings. The van der Waals surface area contributed by atoms with Gasteiger partial charge in [-0.05, 0) is 28.6 Å². The molecule has 8 unspecified atom stereocenters. The van der Waals surface area contributed by atoms with Gasteiger partial charge in [0.05, 0.1) is 0 Å². The Labute approximate surface area is 351 Å². The summed E-state index contributed by atoms with van der Waals surface area (Å²) in [6.45, 7) is 20.3. The maximum absolute atomic E-state index is 5.98. The van der Waals surface area contributed by atoms with E-state index >= 15 is 0 Å². The smallest absolute Gasteiger partial charge is 0.109 e. The minimum atomic E-state index is 0. The van der Waals surface area contributed by atoms with Gasteiger partial charge in [-0.15, -0.1) is 23.8 Å². The average molecular weight is 848 g/mol. The summed E-state index contributed by atoms with van der Waals surface area (Å²) in [4.78, 5) is 0. The van der Waals surface area contributed by atoms with Crippen LogP contribution in [0.4, 0.5) is 0 Å². The molecule has 0 nitrogen and oxygen atoms in total. The first-order valence-corrected chi connectivity index (χ1v) is 19.8. The van der Waals surface area contributed by atoms with Crippen LogP contribution in [0, 0.1) is 56.3 Å². The molecule has 8 rings (SSSR count). The average Bonchev–Trinajstić information content (AvgIpc) is 3.74. The summed E-state index contributed by atoms with van der Waals surface area (Å²) in [7, 11) is 0. The molecule has 0 radical (unpaired) electrons. The SMILES string of the molecule is CC1=CC=CC2[CH-]C3(C)C4(C)C=CC=CC4(C)C4(C)C=CC=CC4(C)C3(C)C12C.Clc1cccc([C](=[Zr+2])c2cccc(Cl)c2)c1.[C-]1=CC=CC1.[Cl-].[Cl-]. The Kier molecular flexibility index (Phi) is 12.8. The molecule has 0 amide bonds. The van der Waals surface area contributed by atoms with Gasteiger partial charge in [0.25, 0.3) is 0 Å².